The summed E-state index contributed by atoms with van der Waals surface area (Å²) in [5.41, 5.74) is -0.0528. The summed E-state index contributed by atoms with van der Waals surface area (Å²) in [6.07, 6.45) is -1.38. The summed E-state index contributed by atoms with van der Waals surface area (Å²) >= 11 is 1.76. The van der Waals surface area contributed by atoms with Crippen LogP contribution in [0.15, 0.2) is 6.20 Å². The molecule has 0 aliphatic carbocycles. The number of nitrogens with zero attached hydrogens (tertiary/aromatic N) is 1. The first-order valence-corrected chi connectivity index (χ1v) is 5.08. The van der Waals surface area contributed by atoms with Gasteiger partial charge in [-0.25, -0.2) is 18.6 Å². The normalized spacial score (nSPS) is 10.5. The van der Waals surface area contributed by atoms with E-state index >= 15 is 0 Å². The van der Waals surface area contributed by atoms with Gasteiger partial charge < -0.3 is 4.74 Å². The SMILES string of the molecule is COC(=O)c1ncc(I)c(C(F)F)c1C. The van der Waals surface area contributed by atoms with Gasteiger partial charge in [-0.3, -0.25) is 0 Å². The summed E-state index contributed by atoms with van der Waals surface area (Å²) in [4.78, 5) is 15.0. The summed E-state index contributed by atoms with van der Waals surface area (Å²) in [6.45, 7) is 1.43. The van der Waals surface area contributed by atoms with Crippen molar-refractivity contribution in [1.29, 1.82) is 0 Å². The van der Waals surface area contributed by atoms with E-state index in [-0.39, 0.29) is 16.8 Å². The van der Waals surface area contributed by atoms with Gasteiger partial charge in [0.1, 0.15) is 0 Å². The number of ether oxygens (including phenoxy) is 1. The van der Waals surface area contributed by atoms with Crippen LogP contribution in [0.2, 0.25) is 0 Å². The maximum atomic E-state index is 12.7. The molecule has 0 radical (unpaired) electrons. The van der Waals surface area contributed by atoms with Crippen LogP contribution in [0.1, 0.15) is 28.0 Å². The Bertz CT molecular complexity index is 396. The Morgan fingerprint density at radius 3 is 2.67 bits per heavy atom. The van der Waals surface area contributed by atoms with E-state index in [0.29, 0.717) is 3.57 Å². The smallest absolute Gasteiger partial charge is 0.356 e. The van der Waals surface area contributed by atoms with Crippen molar-refractivity contribution in [2.24, 2.45) is 0 Å². The molecule has 0 fully saturated rings. The van der Waals surface area contributed by atoms with Crippen LogP contribution in [-0.4, -0.2) is 18.1 Å². The minimum atomic E-state index is -2.62. The van der Waals surface area contributed by atoms with Crippen LogP contribution in [0.4, 0.5) is 8.78 Å². The zero-order valence-corrected chi connectivity index (χ0v) is 10.2. The Balaban J connectivity index is 3.35. The van der Waals surface area contributed by atoms with E-state index in [1.807, 2.05) is 0 Å². The first-order valence-electron chi connectivity index (χ1n) is 4.00. The zero-order valence-electron chi connectivity index (χ0n) is 8.05. The van der Waals surface area contributed by atoms with E-state index in [0.717, 1.165) is 0 Å². The third kappa shape index (κ3) is 2.42. The zero-order chi connectivity index (χ0) is 11.6. The number of esters is 1. The van der Waals surface area contributed by atoms with E-state index < -0.39 is 12.4 Å². The van der Waals surface area contributed by atoms with E-state index in [1.165, 1.54) is 20.2 Å². The molecule has 3 nitrogen and oxygen atoms in total. The highest BCUT2D eigenvalue weighted by Crippen LogP contribution is 2.28. The van der Waals surface area contributed by atoms with Crippen LogP contribution in [0.3, 0.4) is 0 Å². The van der Waals surface area contributed by atoms with Crippen LogP contribution in [0.5, 0.6) is 0 Å². The van der Waals surface area contributed by atoms with E-state index in [2.05, 4.69) is 9.72 Å². The van der Waals surface area contributed by atoms with Crippen molar-refractivity contribution in [1.82, 2.24) is 4.98 Å². The van der Waals surface area contributed by atoms with Gasteiger partial charge in [0.25, 0.3) is 6.43 Å². The molecule has 0 amide bonds. The molecule has 0 saturated heterocycles. The van der Waals surface area contributed by atoms with Crippen LogP contribution >= 0.6 is 22.6 Å². The Morgan fingerprint density at radius 2 is 2.20 bits per heavy atom. The van der Waals surface area contributed by atoms with Gasteiger partial charge >= 0.3 is 5.97 Å². The maximum absolute atomic E-state index is 12.7. The fourth-order valence-electron chi connectivity index (χ4n) is 1.16. The van der Waals surface area contributed by atoms with Crippen molar-refractivity contribution in [3.63, 3.8) is 0 Å². The third-order valence-corrected chi connectivity index (χ3v) is 2.78. The van der Waals surface area contributed by atoms with Gasteiger partial charge in [-0.1, -0.05) is 0 Å². The van der Waals surface area contributed by atoms with Crippen molar-refractivity contribution in [2.45, 2.75) is 13.3 Å². The van der Waals surface area contributed by atoms with Gasteiger partial charge in [0, 0.05) is 15.3 Å². The highest BCUT2D eigenvalue weighted by Gasteiger charge is 2.21. The summed E-state index contributed by atoms with van der Waals surface area (Å²) in [7, 11) is 1.18. The number of halogens is 3. The molecule has 6 heteroatoms. The number of hydrogen-bond donors (Lipinski definition) is 0. The number of carbonyl (C=O) groups is 1. The van der Waals surface area contributed by atoms with Crippen LogP contribution in [0, 0.1) is 10.5 Å². The maximum Gasteiger partial charge on any atom is 0.356 e. The number of pyridine rings is 1. The van der Waals surface area contributed by atoms with Crippen molar-refractivity contribution in [2.75, 3.05) is 7.11 Å². The Hall–Kier alpha value is -0.790. The summed E-state index contributed by atoms with van der Waals surface area (Å²) in [6, 6.07) is 0. The minimum Gasteiger partial charge on any atom is -0.464 e. The van der Waals surface area contributed by atoms with Gasteiger partial charge in [0.05, 0.1) is 7.11 Å². The second-order valence-electron chi connectivity index (χ2n) is 2.79. The lowest BCUT2D eigenvalue weighted by Crippen LogP contribution is -2.10. The molecule has 1 aromatic rings. The van der Waals surface area contributed by atoms with Crippen molar-refractivity contribution < 1.29 is 18.3 Å². The number of aromatic nitrogens is 1. The minimum absolute atomic E-state index is 0.0618. The van der Waals surface area contributed by atoms with Crippen LogP contribution < -0.4 is 0 Å². The van der Waals surface area contributed by atoms with Gasteiger partial charge in [0.15, 0.2) is 5.69 Å². The van der Waals surface area contributed by atoms with Crippen LogP contribution in [-0.2, 0) is 4.74 Å². The molecule has 0 aliphatic heterocycles. The van der Waals surface area contributed by atoms with Crippen molar-refractivity contribution in [3.8, 4) is 0 Å². The Morgan fingerprint density at radius 1 is 1.60 bits per heavy atom. The Kier molecular flexibility index (Phi) is 3.95. The molecular weight excluding hydrogens is 319 g/mol. The van der Waals surface area contributed by atoms with E-state index in [9.17, 15) is 13.6 Å². The molecule has 0 spiro atoms. The lowest BCUT2D eigenvalue weighted by atomic mass is 10.1. The standard InChI is InChI=1S/C9H8F2INO2/c1-4-6(8(10)11)5(12)3-13-7(4)9(14)15-2/h3,8H,1-2H3. The van der Waals surface area contributed by atoms with E-state index in [4.69, 9.17) is 0 Å². The summed E-state index contributed by atoms with van der Waals surface area (Å²) in [5.74, 6) is -0.703. The first kappa shape index (κ1) is 12.3. The predicted molar refractivity (Wildman–Crippen MR) is 58.0 cm³/mol. The van der Waals surface area contributed by atoms with Crippen LogP contribution in [0.25, 0.3) is 0 Å². The molecular formula is C9H8F2INO2. The van der Waals surface area contributed by atoms with E-state index in [1.54, 1.807) is 22.6 Å². The predicted octanol–water partition coefficient (Wildman–Crippen LogP) is 2.72. The molecule has 15 heavy (non-hydrogen) atoms. The second kappa shape index (κ2) is 4.82. The van der Waals surface area contributed by atoms with Gasteiger partial charge in [0.2, 0.25) is 0 Å². The third-order valence-electron chi connectivity index (χ3n) is 1.92. The fourth-order valence-corrected chi connectivity index (χ4v) is 1.94. The Labute approximate surface area is 99.0 Å². The van der Waals surface area contributed by atoms with Crippen molar-refractivity contribution in [3.05, 3.63) is 26.6 Å². The largest absolute Gasteiger partial charge is 0.464 e. The summed E-state index contributed by atoms with van der Waals surface area (Å²) in [5, 5.41) is 0. The molecule has 0 bridgehead atoms. The number of hydrogen-bond acceptors (Lipinski definition) is 3. The molecule has 0 N–H and O–H groups in total. The summed E-state index contributed by atoms with van der Waals surface area (Å²) < 4.78 is 30.1. The quantitative estimate of drug-likeness (QED) is 0.619. The monoisotopic (exact) mass is 327 g/mol. The molecule has 1 heterocycles. The second-order valence-corrected chi connectivity index (χ2v) is 3.95. The number of methoxy groups -OCH3 is 1. The first-order chi connectivity index (χ1) is 6.99. The molecule has 82 valence electrons. The van der Waals surface area contributed by atoms with Crippen molar-refractivity contribution >= 4 is 28.6 Å². The van der Waals surface area contributed by atoms with Gasteiger partial charge in [-0.05, 0) is 35.1 Å². The molecule has 0 aliphatic rings. The number of rotatable bonds is 2. The number of alkyl halides is 2. The molecule has 1 rings (SSSR count). The topological polar surface area (TPSA) is 39.2 Å². The molecule has 0 saturated carbocycles. The average molecular weight is 327 g/mol. The van der Waals surface area contributed by atoms with Gasteiger partial charge in [-0.2, -0.15) is 0 Å². The lowest BCUT2D eigenvalue weighted by molar-refractivity contribution is 0.0592. The fraction of sp³-hybridized carbons (Fsp3) is 0.333. The molecule has 0 unspecified atom stereocenters. The highest BCUT2D eigenvalue weighted by molar-refractivity contribution is 14.1. The van der Waals surface area contributed by atoms with Gasteiger partial charge in [-0.15, -0.1) is 0 Å². The molecule has 1 aromatic heterocycles. The number of carbonyl (C=O) groups excluding carboxylic acids is 1. The molecule has 0 atom stereocenters. The molecule has 0 aromatic carbocycles. The lowest BCUT2D eigenvalue weighted by Gasteiger charge is -2.10. The highest BCUT2D eigenvalue weighted by atomic mass is 127. The average Bonchev–Trinajstić information content (AvgIpc) is 2.16.